The fraction of sp³-hybridized carbons (Fsp3) is 0.632. The lowest BCUT2D eigenvalue weighted by Crippen LogP contribution is -2.47. The van der Waals surface area contributed by atoms with Crippen LogP contribution in [-0.2, 0) is 14.8 Å². The van der Waals surface area contributed by atoms with Gasteiger partial charge in [0.15, 0.2) is 0 Å². The molecule has 3 rings (SSSR count). The average molecular weight is 381 g/mol. The molecule has 2 aliphatic heterocycles. The van der Waals surface area contributed by atoms with Crippen LogP contribution < -0.4 is 0 Å². The lowest BCUT2D eigenvalue weighted by molar-refractivity contribution is -0.138. The van der Waals surface area contributed by atoms with Gasteiger partial charge >= 0.3 is 0 Å². The highest BCUT2D eigenvalue weighted by Gasteiger charge is 2.34. The number of aryl methyl sites for hydroxylation is 2. The van der Waals surface area contributed by atoms with E-state index in [1.807, 2.05) is 24.8 Å². The van der Waals surface area contributed by atoms with Crippen molar-refractivity contribution in [1.82, 2.24) is 9.21 Å². The van der Waals surface area contributed by atoms with E-state index in [9.17, 15) is 18.3 Å². The maximum Gasteiger partial charge on any atom is 0.243 e. The summed E-state index contributed by atoms with van der Waals surface area (Å²) >= 11 is 0. The SMILES string of the molecule is Cc1ccc(S(=O)(=O)N2CCC(C(=O)N3CCC(O)CC3)CC2)cc1C. The number of sulfonamides is 1. The highest BCUT2D eigenvalue weighted by molar-refractivity contribution is 7.89. The van der Waals surface area contributed by atoms with Crippen LogP contribution in [0.2, 0.25) is 0 Å². The second kappa shape index (κ2) is 7.66. The monoisotopic (exact) mass is 380 g/mol. The summed E-state index contributed by atoms with van der Waals surface area (Å²) in [5.41, 5.74) is 2.03. The zero-order valence-electron chi connectivity index (χ0n) is 15.5. The molecule has 0 aromatic heterocycles. The molecule has 2 aliphatic rings. The van der Waals surface area contributed by atoms with E-state index in [0.29, 0.717) is 56.8 Å². The first-order valence-corrected chi connectivity index (χ1v) is 10.8. The molecular formula is C19H28N2O4S. The maximum atomic E-state index is 12.9. The Balaban J connectivity index is 1.62. The van der Waals surface area contributed by atoms with Crippen molar-refractivity contribution in [1.29, 1.82) is 0 Å². The molecule has 0 radical (unpaired) electrons. The van der Waals surface area contributed by atoms with Gasteiger partial charge in [0, 0.05) is 32.1 Å². The first kappa shape index (κ1) is 19.3. The molecule has 2 saturated heterocycles. The molecule has 1 aromatic rings. The van der Waals surface area contributed by atoms with Crippen molar-refractivity contribution in [3.8, 4) is 0 Å². The molecule has 2 heterocycles. The number of benzene rings is 1. The van der Waals surface area contributed by atoms with Gasteiger partial charge in [-0.2, -0.15) is 4.31 Å². The number of hydrogen-bond donors (Lipinski definition) is 1. The molecule has 144 valence electrons. The molecule has 6 nitrogen and oxygen atoms in total. The first-order chi connectivity index (χ1) is 12.3. The van der Waals surface area contributed by atoms with Gasteiger partial charge in [-0.1, -0.05) is 6.07 Å². The van der Waals surface area contributed by atoms with Crippen molar-refractivity contribution in [3.63, 3.8) is 0 Å². The van der Waals surface area contributed by atoms with Gasteiger partial charge in [-0.3, -0.25) is 4.79 Å². The predicted molar refractivity (Wildman–Crippen MR) is 99.2 cm³/mol. The van der Waals surface area contributed by atoms with Crippen molar-refractivity contribution in [2.45, 2.75) is 50.5 Å². The number of aliphatic hydroxyl groups excluding tert-OH is 1. The lowest BCUT2D eigenvalue weighted by atomic mass is 9.95. The van der Waals surface area contributed by atoms with Gasteiger partial charge in [-0.25, -0.2) is 8.42 Å². The van der Waals surface area contributed by atoms with Gasteiger partial charge in [-0.15, -0.1) is 0 Å². The molecule has 0 aliphatic carbocycles. The standard InChI is InChI=1S/C19H28N2O4S/c1-14-3-4-18(13-15(14)2)26(24,25)21-11-5-16(6-12-21)19(23)20-9-7-17(22)8-10-20/h3-4,13,16-17,22H,5-12H2,1-2H3. The minimum Gasteiger partial charge on any atom is -0.393 e. The minimum atomic E-state index is -3.51. The van der Waals surface area contributed by atoms with Crippen LogP contribution in [0.1, 0.15) is 36.8 Å². The van der Waals surface area contributed by atoms with Crippen LogP contribution in [0.25, 0.3) is 0 Å². The van der Waals surface area contributed by atoms with Gasteiger partial charge in [0.05, 0.1) is 11.0 Å². The van der Waals surface area contributed by atoms with E-state index >= 15 is 0 Å². The number of likely N-dealkylation sites (tertiary alicyclic amines) is 1. The summed E-state index contributed by atoms with van der Waals surface area (Å²) in [5, 5.41) is 9.58. The molecule has 0 atom stereocenters. The molecule has 1 amide bonds. The predicted octanol–water partition coefficient (Wildman–Crippen LogP) is 1.69. The van der Waals surface area contributed by atoms with E-state index in [1.54, 1.807) is 12.1 Å². The summed E-state index contributed by atoms with van der Waals surface area (Å²) in [7, 11) is -3.51. The number of amides is 1. The molecule has 7 heteroatoms. The first-order valence-electron chi connectivity index (χ1n) is 9.33. The summed E-state index contributed by atoms with van der Waals surface area (Å²) in [6.45, 7) is 5.82. The Hall–Kier alpha value is -1.44. The molecule has 0 bridgehead atoms. The number of carbonyl (C=O) groups excluding carboxylic acids is 1. The Bertz CT molecular complexity index is 762. The minimum absolute atomic E-state index is 0.111. The quantitative estimate of drug-likeness (QED) is 0.866. The third-order valence-electron chi connectivity index (χ3n) is 5.70. The summed E-state index contributed by atoms with van der Waals surface area (Å²) < 4.78 is 27.2. The van der Waals surface area contributed by atoms with Crippen LogP contribution >= 0.6 is 0 Å². The molecule has 0 unspecified atom stereocenters. The molecule has 0 spiro atoms. The van der Waals surface area contributed by atoms with E-state index < -0.39 is 10.0 Å². The highest BCUT2D eigenvalue weighted by Crippen LogP contribution is 2.27. The zero-order chi connectivity index (χ0) is 18.9. The topological polar surface area (TPSA) is 77.9 Å². The van der Waals surface area contributed by atoms with Crippen LogP contribution in [0.15, 0.2) is 23.1 Å². The third kappa shape index (κ3) is 3.94. The summed E-state index contributed by atoms with van der Waals surface area (Å²) in [4.78, 5) is 14.8. The fourth-order valence-corrected chi connectivity index (χ4v) is 5.27. The fourth-order valence-electron chi connectivity index (χ4n) is 3.71. The van der Waals surface area contributed by atoms with Crippen molar-refractivity contribution in [3.05, 3.63) is 29.3 Å². The lowest BCUT2D eigenvalue weighted by Gasteiger charge is -2.36. The van der Waals surface area contributed by atoms with Gasteiger partial charge < -0.3 is 10.0 Å². The zero-order valence-corrected chi connectivity index (χ0v) is 16.3. The Kier molecular flexibility index (Phi) is 5.69. The van der Waals surface area contributed by atoms with Crippen molar-refractivity contribution in [2.75, 3.05) is 26.2 Å². The maximum absolute atomic E-state index is 12.9. The van der Waals surface area contributed by atoms with E-state index in [-0.39, 0.29) is 17.9 Å². The van der Waals surface area contributed by atoms with Crippen LogP contribution in [0, 0.1) is 19.8 Å². The van der Waals surface area contributed by atoms with Gasteiger partial charge in [0.1, 0.15) is 0 Å². The van der Waals surface area contributed by atoms with E-state index in [1.165, 1.54) is 4.31 Å². The van der Waals surface area contributed by atoms with E-state index in [4.69, 9.17) is 0 Å². The number of carbonyl (C=O) groups is 1. The third-order valence-corrected chi connectivity index (χ3v) is 7.59. The van der Waals surface area contributed by atoms with Crippen molar-refractivity contribution >= 4 is 15.9 Å². The van der Waals surface area contributed by atoms with Gasteiger partial charge in [0.2, 0.25) is 15.9 Å². The molecule has 0 saturated carbocycles. The van der Waals surface area contributed by atoms with Crippen LogP contribution in [0.4, 0.5) is 0 Å². The molecule has 1 aromatic carbocycles. The Labute approximate surface area is 155 Å². The molecule has 1 N–H and O–H groups in total. The Morgan fingerprint density at radius 3 is 2.19 bits per heavy atom. The summed E-state index contributed by atoms with van der Waals surface area (Å²) in [5.74, 6) is -0.00317. The second-order valence-corrected chi connectivity index (χ2v) is 9.42. The molecule has 2 fully saturated rings. The van der Waals surface area contributed by atoms with Gasteiger partial charge in [0.25, 0.3) is 0 Å². The van der Waals surface area contributed by atoms with Crippen LogP contribution in [0.5, 0.6) is 0 Å². The van der Waals surface area contributed by atoms with Crippen molar-refractivity contribution < 1.29 is 18.3 Å². The normalized spacial score (nSPS) is 21.1. The number of rotatable bonds is 3. The average Bonchev–Trinajstić information content (AvgIpc) is 2.64. The smallest absolute Gasteiger partial charge is 0.243 e. The highest BCUT2D eigenvalue weighted by atomic mass is 32.2. The number of piperidine rings is 2. The Morgan fingerprint density at radius 2 is 1.62 bits per heavy atom. The summed E-state index contributed by atoms with van der Waals surface area (Å²) in [6.07, 6.45) is 2.07. The number of aliphatic hydroxyl groups is 1. The van der Waals surface area contributed by atoms with E-state index in [2.05, 4.69) is 0 Å². The van der Waals surface area contributed by atoms with Gasteiger partial charge in [-0.05, 0) is 62.8 Å². The second-order valence-electron chi connectivity index (χ2n) is 7.48. The van der Waals surface area contributed by atoms with Crippen molar-refractivity contribution in [2.24, 2.45) is 5.92 Å². The van der Waals surface area contributed by atoms with E-state index in [0.717, 1.165) is 11.1 Å². The van der Waals surface area contributed by atoms with Crippen LogP contribution in [-0.4, -0.2) is 60.9 Å². The number of hydrogen-bond acceptors (Lipinski definition) is 4. The molecular weight excluding hydrogens is 352 g/mol. The summed E-state index contributed by atoms with van der Waals surface area (Å²) in [6, 6.07) is 5.22. The Morgan fingerprint density at radius 1 is 1.00 bits per heavy atom. The largest absolute Gasteiger partial charge is 0.393 e. The number of nitrogens with zero attached hydrogens (tertiary/aromatic N) is 2. The molecule has 26 heavy (non-hydrogen) atoms. The van der Waals surface area contributed by atoms with Crippen LogP contribution in [0.3, 0.4) is 0 Å².